The second-order valence-electron chi connectivity index (χ2n) is 9.24. The minimum Gasteiger partial charge on any atom is -0.433 e. The van der Waals surface area contributed by atoms with Crippen LogP contribution in [0.5, 0.6) is 0 Å². The van der Waals surface area contributed by atoms with Crippen LogP contribution in [0.15, 0.2) is 42.5 Å². The van der Waals surface area contributed by atoms with E-state index in [9.17, 15) is 19.2 Å². The zero-order valence-electron chi connectivity index (χ0n) is 20.6. The lowest BCUT2D eigenvalue weighted by Gasteiger charge is -2.28. The minimum absolute atomic E-state index is 0.0473. The van der Waals surface area contributed by atoms with E-state index in [4.69, 9.17) is 38.4 Å². The van der Waals surface area contributed by atoms with Crippen molar-refractivity contribution in [2.24, 2.45) is 0 Å². The predicted octanol–water partition coefficient (Wildman–Crippen LogP) is 2.66. The molecule has 2 aliphatic heterocycles. The number of nitrogen functional groups attached to an aromatic ring is 1. The SMILES string of the molecule is C[C@H](NC(=O)c1ccc(N)c(Cl)c1)C(=O)N1CCCC1C(=O)N[C@H]1CC(=O)O[C@H]1OCc1ccc(Cl)cc1. The van der Waals surface area contributed by atoms with Crippen LogP contribution in [0, 0.1) is 0 Å². The van der Waals surface area contributed by atoms with Crippen LogP contribution in [0.3, 0.4) is 0 Å². The first kappa shape index (κ1) is 27.7. The highest BCUT2D eigenvalue weighted by atomic mass is 35.5. The monoisotopic (exact) mass is 562 g/mol. The molecule has 4 rings (SSSR count). The molecule has 10 nitrogen and oxygen atoms in total. The van der Waals surface area contributed by atoms with Gasteiger partial charge in [-0.15, -0.1) is 0 Å². The predicted molar refractivity (Wildman–Crippen MR) is 140 cm³/mol. The Labute approximate surface area is 229 Å². The van der Waals surface area contributed by atoms with E-state index in [2.05, 4.69) is 10.6 Å². The molecule has 0 bridgehead atoms. The summed E-state index contributed by atoms with van der Waals surface area (Å²) < 4.78 is 11.0. The molecule has 1 unspecified atom stereocenters. The number of esters is 1. The van der Waals surface area contributed by atoms with Gasteiger partial charge in [-0.3, -0.25) is 19.2 Å². The standard InChI is InChI=1S/C26H28Cl2N4O6/c1-14(30-23(34)16-6-9-19(29)18(28)11-16)25(36)32-10-2-3-21(32)24(35)31-20-12-22(33)38-26(20)37-13-15-4-7-17(27)8-5-15/h4-9,11,14,20-21,26H,2-3,10,12-13,29H2,1H3,(H,30,34)(H,31,35)/t14-,20-,21?,26+/m0/s1. The maximum Gasteiger partial charge on any atom is 0.310 e. The number of nitrogens with one attached hydrogen (secondary N) is 2. The van der Waals surface area contributed by atoms with Gasteiger partial charge in [0.2, 0.25) is 18.1 Å². The van der Waals surface area contributed by atoms with E-state index in [1.165, 1.54) is 23.1 Å². The lowest BCUT2D eigenvalue weighted by molar-refractivity contribution is -0.168. The summed E-state index contributed by atoms with van der Waals surface area (Å²) in [5.41, 5.74) is 7.11. The van der Waals surface area contributed by atoms with E-state index >= 15 is 0 Å². The third-order valence-electron chi connectivity index (χ3n) is 6.44. The van der Waals surface area contributed by atoms with E-state index < -0.39 is 48.1 Å². The van der Waals surface area contributed by atoms with Crippen molar-refractivity contribution in [3.05, 3.63) is 63.6 Å². The third-order valence-corrected chi connectivity index (χ3v) is 7.02. The van der Waals surface area contributed by atoms with Crippen molar-refractivity contribution in [3.63, 3.8) is 0 Å². The van der Waals surface area contributed by atoms with Gasteiger partial charge in [-0.1, -0.05) is 35.3 Å². The first-order valence-electron chi connectivity index (χ1n) is 12.1. The molecule has 4 atom stereocenters. The Morgan fingerprint density at radius 3 is 2.63 bits per heavy atom. The molecule has 2 aromatic rings. The molecule has 0 aliphatic carbocycles. The molecular formula is C26H28Cl2N4O6. The van der Waals surface area contributed by atoms with E-state index in [1.54, 1.807) is 31.2 Å². The molecule has 2 saturated heterocycles. The van der Waals surface area contributed by atoms with Crippen molar-refractivity contribution in [2.45, 2.75) is 57.2 Å². The number of amides is 3. The van der Waals surface area contributed by atoms with Crippen LogP contribution in [0.1, 0.15) is 42.1 Å². The summed E-state index contributed by atoms with van der Waals surface area (Å²) in [5, 5.41) is 6.28. The first-order valence-corrected chi connectivity index (χ1v) is 12.9. The van der Waals surface area contributed by atoms with E-state index in [-0.39, 0.29) is 23.6 Å². The van der Waals surface area contributed by atoms with Crippen LogP contribution < -0.4 is 16.4 Å². The highest BCUT2D eigenvalue weighted by Gasteiger charge is 2.41. The Morgan fingerprint density at radius 1 is 1.18 bits per heavy atom. The number of nitrogens with two attached hydrogens (primary N) is 1. The van der Waals surface area contributed by atoms with Gasteiger partial charge < -0.3 is 30.7 Å². The van der Waals surface area contributed by atoms with Gasteiger partial charge in [0.25, 0.3) is 5.91 Å². The molecule has 0 radical (unpaired) electrons. The van der Waals surface area contributed by atoms with Gasteiger partial charge in [0.1, 0.15) is 18.1 Å². The fourth-order valence-corrected chi connectivity index (χ4v) is 4.71. The minimum atomic E-state index is -0.961. The van der Waals surface area contributed by atoms with Gasteiger partial charge >= 0.3 is 5.97 Å². The molecule has 12 heteroatoms. The number of carbonyl (C=O) groups is 4. The van der Waals surface area contributed by atoms with Crippen molar-refractivity contribution in [2.75, 3.05) is 12.3 Å². The Balaban J connectivity index is 1.34. The van der Waals surface area contributed by atoms with Gasteiger partial charge in [0, 0.05) is 17.1 Å². The smallest absolute Gasteiger partial charge is 0.310 e. The summed E-state index contributed by atoms with van der Waals surface area (Å²) in [5.74, 6) is -1.79. The van der Waals surface area contributed by atoms with Gasteiger partial charge in [-0.2, -0.15) is 0 Å². The third kappa shape index (κ3) is 6.56. The van der Waals surface area contributed by atoms with Crippen LogP contribution in [0.2, 0.25) is 10.0 Å². The molecule has 2 heterocycles. The van der Waals surface area contributed by atoms with Crippen molar-refractivity contribution >= 4 is 52.6 Å². The number of rotatable bonds is 8. The quantitative estimate of drug-likeness (QED) is 0.332. The summed E-state index contributed by atoms with van der Waals surface area (Å²) in [4.78, 5) is 52.3. The van der Waals surface area contributed by atoms with Crippen LogP contribution in [-0.4, -0.2) is 59.6 Å². The number of anilines is 1. The molecule has 0 saturated carbocycles. The molecule has 2 aliphatic rings. The lowest BCUT2D eigenvalue weighted by atomic mass is 10.1. The molecular weight excluding hydrogens is 535 g/mol. The number of cyclic esters (lactones) is 1. The summed E-state index contributed by atoms with van der Waals surface area (Å²) in [6.45, 7) is 2.07. The molecule has 2 aromatic carbocycles. The fraction of sp³-hybridized carbons (Fsp3) is 0.385. The largest absolute Gasteiger partial charge is 0.433 e. The molecule has 2 fully saturated rings. The normalized spacial score (nSPS) is 21.6. The number of ether oxygens (including phenoxy) is 2. The maximum atomic E-state index is 13.2. The lowest BCUT2D eigenvalue weighted by Crippen LogP contribution is -2.54. The average Bonchev–Trinajstić information content (AvgIpc) is 3.51. The molecule has 0 aromatic heterocycles. The fourth-order valence-electron chi connectivity index (χ4n) is 4.40. The number of halogens is 2. The van der Waals surface area contributed by atoms with Crippen LogP contribution in [0.25, 0.3) is 0 Å². The van der Waals surface area contributed by atoms with E-state index in [1.807, 2.05) is 0 Å². The topological polar surface area (TPSA) is 140 Å². The number of carbonyl (C=O) groups excluding carboxylic acids is 4. The summed E-state index contributed by atoms with van der Waals surface area (Å²) in [6.07, 6.45) is 0.0599. The Hall–Kier alpha value is -3.34. The van der Waals surface area contributed by atoms with Gasteiger partial charge in [-0.05, 0) is 55.7 Å². The Bertz CT molecular complexity index is 1220. The molecule has 4 N–H and O–H groups in total. The second kappa shape index (κ2) is 12.0. The highest BCUT2D eigenvalue weighted by molar-refractivity contribution is 6.33. The molecule has 38 heavy (non-hydrogen) atoms. The number of benzene rings is 2. The highest BCUT2D eigenvalue weighted by Crippen LogP contribution is 2.23. The van der Waals surface area contributed by atoms with Gasteiger partial charge in [0.05, 0.1) is 23.7 Å². The summed E-state index contributed by atoms with van der Waals surface area (Å²) >= 11 is 11.9. The van der Waals surface area contributed by atoms with Gasteiger partial charge in [0.15, 0.2) is 0 Å². The number of likely N-dealkylation sites (tertiary alicyclic amines) is 1. The maximum absolute atomic E-state index is 13.2. The van der Waals surface area contributed by atoms with Crippen LogP contribution >= 0.6 is 23.2 Å². The molecule has 3 amide bonds. The Morgan fingerprint density at radius 2 is 1.92 bits per heavy atom. The van der Waals surface area contributed by atoms with Crippen molar-refractivity contribution < 1.29 is 28.7 Å². The molecule has 202 valence electrons. The summed E-state index contributed by atoms with van der Waals surface area (Å²) in [6, 6.07) is 9.12. The van der Waals surface area contributed by atoms with Gasteiger partial charge in [-0.25, -0.2) is 0 Å². The number of hydrogen-bond donors (Lipinski definition) is 3. The van der Waals surface area contributed by atoms with Crippen LogP contribution in [-0.2, 0) is 30.5 Å². The van der Waals surface area contributed by atoms with Crippen molar-refractivity contribution in [1.29, 1.82) is 0 Å². The second-order valence-corrected chi connectivity index (χ2v) is 10.1. The summed E-state index contributed by atoms with van der Waals surface area (Å²) in [7, 11) is 0. The number of hydrogen-bond acceptors (Lipinski definition) is 7. The van der Waals surface area contributed by atoms with Crippen molar-refractivity contribution in [3.8, 4) is 0 Å². The zero-order chi connectivity index (χ0) is 27.4. The van der Waals surface area contributed by atoms with Crippen molar-refractivity contribution in [1.82, 2.24) is 15.5 Å². The first-order chi connectivity index (χ1) is 18.1. The average molecular weight is 563 g/mol. The van der Waals surface area contributed by atoms with Crippen LogP contribution in [0.4, 0.5) is 5.69 Å². The Kier molecular flexibility index (Phi) is 8.76. The van der Waals surface area contributed by atoms with E-state index in [0.29, 0.717) is 30.1 Å². The number of nitrogens with zero attached hydrogens (tertiary/aromatic N) is 1. The molecule has 0 spiro atoms. The zero-order valence-corrected chi connectivity index (χ0v) is 22.1. The van der Waals surface area contributed by atoms with E-state index in [0.717, 1.165) is 5.56 Å².